The molecule has 1 saturated carbocycles. The Morgan fingerprint density at radius 1 is 1.00 bits per heavy atom. The maximum absolute atomic E-state index is 13.3. The normalized spacial score (nSPS) is 22.2. The Hall–Kier alpha value is -1.77. The zero-order valence-corrected chi connectivity index (χ0v) is 17.1. The van der Waals surface area contributed by atoms with Gasteiger partial charge in [-0.1, -0.05) is 6.07 Å². The van der Waals surface area contributed by atoms with Crippen molar-refractivity contribution >= 4 is 42.3 Å². The first-order valence-corrected chi connectivity index (χ1v) is 9.35. The average Bonchev–Trinajstić information content (AvgIpc) is 3.19. The Kier molecular flexibility index (Phi) is 6.17. The second-order valence-corrected chi connectivity index (χ2v) is 7.54. The molecule has 3 N–H and O–H groups in total. The van der Waals surface area contributed by atoms with E-state index in [2.05, 4.69) is 32.0 Å². The molecule has 2 bridgehead atoms. The van der Waals surface area contributed by atoms with Gasteiger partial charge < -0.3 is 16.0 Å². The van der Waals surface area contributed by atoms with Crippen LogP contribution >= 0.6 is 24.8 Å². The predicted molar refractivity (Wildman–Crippen MR) is 110 cm³/mol. The van der Waals surface area contributed by atoms with Crippen LogP contribution in [0.15, 0.2) is 24.4 Å². The Labute approximate surface area is 179 Å². The first-order valence-electron chi connectivity index (χ1n) is 9.35. The molecule has 2 fully saturated rings. The zero-order valence-electron chi connectivity index (χ0n) is 15.4. The van der Waals surface area contributed by atoms with Gasteiger partial charge in [0.1, 0.15) is 11.4 Å². The number of anilines is 3. The van der Waals surface area contributed by atoms with E-state index in [9.17, 15) is 13.2 Å². The lowest BCUT2D eigenvalue weighted by atomic mass is 9.91. The van der Waals surface area contributed by atoms with Gasteiger partial charge in [-0.15, -0.1) is 24.8 Å². The highest BCUT2D eigenvalue weighted by atomic mass is 35.5. The smallest absolute Gasteiger partial charge is 0.367 e. The van der Waals surface area contributed by atoms with E-state index in [4.69, 9.17) is 0 Å². The summed E-state index contributed by atoms with van der Waals surface area (Å²) in [4.78, 5) is 8.02. The van der Waals surface area contributed by atoms with Gasteiger partial charge in [0.25, 0.3) is 0 Å². The summed E-state index contributed by atoms with van der Waals surface area (Å²) in [6.07, 6.45) is 1.40. The van der Waals surface area contributed by atoms with Crippen molar-refractivity contribution in [3.8, 4) is 0 Å². The van der Waals surface area contributed by atoms with E-state index in [1.54, 1.807) is 0 Å². The summed E-state index contributed by atoms with van der Waals surface area (Å²) >= 11 is 0. The molecule has 1 saturated heterocycles. The van der Waals surface area contributed by atoms with Crippen LogP contribution in [-0.4, -0.2) is 16.0 Å². The third kappa shape index (κ3) is 4.11. The fourth-order valence-corrected chi connectivity index (χ4v) is 4.14. The van der Waals surface area contributed by atoms with Crippen LogP contribution in [0.25, 0.3) is 0 Å². The molecule has 2 aliphatic heterocycles. The number of fused-ring (bicyclic) bond motifs is 5. The van der Waals surface area contributed by atoms with E-state index >= 15 is 0 Å². The number of nitrogens with one attached hydrogen (secondary N) is 3. The van der Waals surface area contributed by atoms with Crippen molar-refractivity contribution in [2.45, 2.75) is 56.4 Å². The first kappa shape index (κ1) is 21.9. The molecule has 5 rings (SSSR count). The van der Waals surface area contributed by atoms with Crippen LogP contribution in [0.4, 0.5) is 30.6 Å². The molecule has 0 amide bonds. The highest BCUT2D eigenvalue weighted by Crippen LogP contribution is 2.45. The minimum Gasteiger partial charge on any atom is -0.367 e. The molecule has 10 heteroatoms. The maximum Gasteiger partial charge on any atom is 0.421 e. The molecule has 3 aliphatic rings. The number of halogens is 5. The van der Waals surface area contributed by atoms with Gasteiger partial charge >= 0.3 is 6.18 Å². The Morgan fingerprint density at radius 2 is 1.72 bits per heavy atom. The number of benzene rings is 1. The molecule has 0 radical (unpaired) electrons. The van der Waals surface area contributed by atoms with Crippen LogP contribution in [0.1, 0.15) is 60.9 Å². The van der Waals surface area contributed by atoms with Crippen LogP contribution in [0, 0.1) is 0 Å². The molecule has 5 nitrogen and oxygen atoms in total. The summed E-state index contributed by atoms with van der Waals surface area (Å²) in [5.41, 5.74) is 2.54. The minimum atomic E-state index is -4.48. The molecule has 158 valence electrons. The third-order valence-electron chi connectivity index (χ3n) is 5.78. The van der Waals surface area contributed by atoms with Gasteiger partial charge in [-0.2, -0.15) is 18.2 Å². The molecule has 2 aromatic rings. The SMILES string of the molecule is Cl.Cl.FC(F)(F)c1cnc(Nc2ccc3c(c2)[C@@H]2CC[C@H]3N2)nc1NC1CCC1. The summed E-state index contributed by atoms with van der Waals surface area (Å²) in [6.45, 7) is 0. The zero-order chi connectivity index (χ0) is 18.6. The Balaban J connectivity index is 0.00000120. The van der Waals surface area contributed by atoms with Gasteiger partial charge in [0.15, 0.2) is 0 Å². The fraction of sp³-hybridized carbons (Fsp3) is 0.474. The second-order valence-electron chi connectivity index (χ2n) is 7.54. The van der Waals surface area contributed by atoms with E-state index in [0.29, 0.717) is 12.1 Å². The molecule has 29 heavy (non-hydrogen) atoms. The van der Waals surface area contributed by atoms with Crippen LogP contribution in [0.3, 0.4) is 0 Å². The fourth-order valence-electron chi connectivity index (χ4n) is 4.14. The number of hydrogen-bond acceptors (Lipinski definition) is 5. The van der Waals surface area contributed by atoms with Gasteiger partial charge in [0, 0.05) is 30.0 Å². The highest BCUT2D eigenvalue weighted by Gasteiger charge is 2.37. The quantitative estimate of drug-likeness (QED) is 0.575. The average molecular weight is 448 g/mol. The number of aromatic nitrogens is 2. The van der Waals surface area contributed by atoms with Gasteiger partial charge in [-0.25, -0.2) is 4.98 Å². The van der Waals surface area contributed by atoms with Crippen molar-refractivity contribution in [3.63, 3.8) is 0 Å². The number of alkyl halides is 3. The summed E-state index contributed by atoms with van der Waals surface area (Å²) < 4.78 is 39.8. The number of hydrogen-bond donors (Lipinski definition) is 3. The van der Waals surface area contributed by atoms with Crippen molar-refractivity contribution < 1.29 is 13.2 Å². The van der Waals surface area contributed by atoms with Crippen LogP contribution in [0.2, 0.25) is 0 Å². The van der Waals surface area contributed by atoms with Crippen LogP contribution < -0.4 is 16.0 Å². The van der Waals surface area contributed by atoms with E-state index < -0.39 is 11.7 Å². The molecular formula is C19H22Cl2F3N5. The molecule has 0 spiro atoms. The van der Waals surface area contributed by atoms with E-state index in [0.717, 1.165) is 44.0 Å². The van der Waals surface area contributed by atoms with Crippen molar-refractivity contribution in [1.82, 2.24) is 15.3 Å². The number of rotatable bonds is 4. The topological polar surface area (TPSA) is 61.9 Å². The summed E-state index contributed by atoms with van der Waals surface area (Å²) in [5.74, 6) is 0.0208. The maximum atomic E-state index is 13.3. The van der Waals surface area contributed by atoms with Crippen LogP contribution in [-0.2, 0) is 6.18 Å². The lowest BCUT2D eigenvalue weighted by Gasteiger charge is -2.28. The van der Waals surface area contributed by atoms with E-state index in [1.165, 1.54) is 11.1 Å². The van der Waals surface area contributed by atoms with Gasteiger partial charge in [0.2, 0.25) is 5.95 Å². The lowest BCUT2D eigenvalue weighted by molar-refractivity contribution is -0.137. The molecule has 2 atom stereocenters. The number of nitrogens with zero attached hydrogens (tertiary/aromatic N) is 2. The second kappa shape index (κ2) is 8.16. The van der Waals surface area contributed by atoms with Crippen molar-refractivity contribution in [1.29, 1.82) is 0 Å². The van der Waals surface area contributed by atoms with Crippen molar-refractivity contribution in [2.24, 2.45) is 0 Å². The largest absolute Gasteiger partial charge is 0.421 e. The molecule has 3 heterocycles. The summed E-state index contributed by atoms with van der Waals surface area (Å²) in [7, 11) is 0. The van der Waals surface area contributed by atoms with Gasteiger partial charge in [0.05, 0.1) is 0 Å². The third-order valence-corrected chi connectivity index (χ3v) is 5.78. The molecule has 1 aliphatic carbocycles. The molecule has 0 unspecified atom stereocenters. The van der Waals surface area contributed by atoms with E-state index in [1.807, 2.05) is 12.1 Å². The van der Waals surface area contributed by atoms with Crippen molar-refractivity contribution in [3.05, 3.63) is 41.1 Å². The molecule has 1 aromatic heterocycles. The predicted octanol–water partition coefficient (Wildman–Crippen LogP) is 5.53. The first-order chi connectivity index (χ1) is 13.0. The summed E-state index contributed by atoms with van der Waals surface area (Å²) in [6, 6.07) is 6.91. The standard InChI is InChI=1S/C19H20F3N5.2ClH/c20-19(21,22)14-9-23-18(27-17(14)24-10-2-1-3-10)25-11-4-5-12-13(8-11)16-7-6-15(12)26-16;;/h4-5,8-10,15-16,26H,1-3,6-7H2,(H2,23,24,25,27);2*1H/t15-,16+;;/m1../s1. The lowest BCUT2D eigenvalue weighted by Crippen LogP contribution is -2.29. The van der Waals surface area contributed by atoms with Gasteiger partial charge in [-0.05, 0) is 55.4 Å². The van der Waals surface area contributed by atoms with Gasteiger partial charge in [-0.3, -0.25) is 0 Å². The summed E-state index contributed by atoms with van der Waals surface area (Å²) in [5, 5.41) is 9.54. The minimum absolute atomic E-state index is 0. The highest BCUT2D eigenvalue weighted by molar-refractivity contribution is 5.85. The Morgan fingerprint density at radius 3 is 2.38 bits per heavy atom. The monoisotopic (exact) mass is 447 g/mol. The van der Waals surface area contributed by atoms with E-state index in [-0.39, 0.29) is 42.6 Å². The molecule has 1 aromatic carbocycles. The van der Waals surface area contributed by atoms with Crippen LogP contribution in [0.5, 0.6) is 0 Å². The molecular weight excluding hydrogens is 426 g/mol. The Bertz CT molecular complexity index is 889. The van der Waals surface area contributed by atoms with Crippen molar-refractivity contribution in [2.75, 3.05) is 10.6 Å².